The van der Waals surface area contributed by atoms with Crippen LogP contribution in [0.25, 0.3) is 0 Å². The maximum Gasteiger partial charge on any atom is 0.294 e. The van der Waals surface area contributed by atoms with Gasteiger partial charge in [0.05, 0.1) is 17.6 Å². The van der Waals surface area contributed by atoms with Crippen molar-refractivity contribution in [1.29, 1.82) is 0 Å². The molecule has 1 fully saturated rings. The molecule has 0 radical (unpaired) electrons. The van der Waals surface area contributed by atoms with Crippen LogP contribution in [0.3, 0.4) is 0 Å². The molecule has 118 valence electrons. The number of hydrogen-bond donors (Lipinski definition) is 2. The fourth-order valence-corrected chi connectivity index (χ4v) is 2.26. The van der Waals surface area contributed by atoms with E-state index in [1.807, 2.05) is 18.2 Å². The van der Waals surface area contributed by atoms with Crippen LogP contribution in [0.5, 0.6) is 0 Å². The van der Waals surface area contributed by atoms with E-state index in [0.29, 0.717) is 6.10 Å². The van der Waals surface area contributed by atoms with Gasteiger partial charge in [-0.3, -0.25) is 4.55 Å². The van der Waals surface area contributed by atoms with Crippen molar-refractivity contribution in [3.05, 3.63) is 66.2 Å². The van der Waals surface area contributed by atoms with Gasteiger partial charge in [-0.1, -0.05) is 48.5 Å². The average molecular weight is 321 g/mol. The Labute approximate surface area is 130 Å². The van der Waals surface area contributed by atoms with Crippen molar-refractivity contribution >= 4 is 10.1 Å². The van der Waals surface area contributed by atoms with E-state index in [1.54, 1.807) is 18.2 Å². The zero-order valence-corrected chi connectivity index (χ0v) is 12.9. The Bertz CT molecular complexity index is 655. The third-order valence-corrected chi connectivity index (χ3v) is 3.98. The monoisotopic (exact) mass is 321 g/mol. The van der Waals surface area contributed by atoms with Crippen molar-refractivity contribution in [3.8, 4) is 0 Å². The Morgan fingerprint density at radius 2 is 1.55 bits per heavy atom. The van der Waals surface area contributed by atoms with Crippen LogP contribution in [0, 0.1) is 0 Å². The molecule has 0 aliphatic carbocycles. The summed E-state index contributed by atoms with van der Waals surface area (Å²) < 4.78 is 34.8. The summed E-state index contributed by atoms with van der Waals surface area (Å²) in [6.07, 6.45) is 0.435. The van der Waals surface area contributed by atoms with Crippen LogP contribution >= 0.6 is 0 Å². The number of hydrogen-bond acceptors (Lipinski definition) is 4. The summed E-state index contributed by atoms with van der Waals surface area (Å²) >= 11 is 0. The van der Waals surface area contributed by atoms with Crippen LogP contribution < -0.4 is 5.32 Å². The van der Waals surface area contributed by atoms with E-state index >= 15 is 0 Å². The molecule has 1 heterocycles. The topological polar surface area (TPSA) is 75.6 Å². The van der Waals surface area contributed by atoms with Crippen molar-refractivity contribution in [2.75, 3.05) is 13.1 Å². The predicted octanol–water partition coefficient (Wildman–Crippen LogP) is 2.11. The van der Waals surface area contributed by atoms with Crippen molar-refractivity contribution in [2.45, 2.75) is 17.6 Å². The zero-order valence-electron chi connectivity index (χ0n) is 12.1. The molecule has 0 spiro atoms. The van der Waals surface area contributed by atoms with Crippen LogP contribution in [-0.2, 0) is 21.5 Å². The van der Waals surface area contributed by atoms with E-state index in [1.165, 1.54) is 17.7 Å². The van der Waals surface area contributed by atoms with Gasteiger partial charge < -0.3 is 10.1 Å². The fraction of sp³-hybridized carbons (Fsp3) is 0.250. The Morgan fingerprint density at radius 1 is 1.00 bits per heavy atom. The first kappa shape index (κ1) is 16.6. The second kappa shape index (κ2) is 8.05. The third kappa shape index (κ3) is 5.57. The molecule has 2 aromatic rings. The third-order valence-electron chi connectivity index (χ3n) is 3.11. The van der Waals surface area contributed by atoms with Gasteiger partial charge in [0.15, 0.2) is 0 Å². The van der Waals surface area contributed by atoms with Crippen molar-refractivity contribution in [1.82, 2.24) is 5.32 Å². The molecule has 0 unspecified atom stereocenters. The Morgan fingerprint density at radius 3 is 1.95 bits per heavy atom. The smallest absolute Gasteiger partial charge is 0.294 e. The van der Waals surface area contributed by atoms with E-state index in [0.717, 1.165) is 19.7 Å². The lowest BCUT2D eigenvalue weighted by molar-refractivity contribution is 0.00758. The molecule has 0 amide bonds. The Balaban J connectivity index is 0.000000164. The summed E-state index contributed by atoms with van der Waals surface area (Å²) in [5, 5.41) is 3.17. The maximum absolute atomic E-state index is 10.4. The second-order valence-corrected chi connectivity index (χ2v) is 6.29. The van der Waals surface area contributed by atoms with E-state index in [-0.39, 0.29) is 4.90 Å². The normalized spacial score (nSPS) is 14.6. The van der Waals surface area contributed by atoms with E-state index < -0.39 is 10.1 Å². The molecular weight excluding hydrogens is 302 g/mol. The van der Waals surface area contributed by atoms with E-state index in [2.05, 4.69) is 17.4 Å². The van der Waals surface area contributed by atoms with Crippen molar-refractivity contribution < 1.29 is 17.7 Å². The lowest BCUT2D eigenvalue weighted by Crippen LogP contribution is -2.48. The zero-order chi connectivity index (χ0) is 15.8. The maximum atomic E-state index is 10.4. The molecule has 0 aromatic heterocycles. The quantitative estimate of drug-likeness (QED) is 0.844. The van der Waals surface area contributed by atoms with Crippen molar-refractivity contribution in [2.24, 2.45) is 0 Å². The van der Waals surface area contributed by atoms with Gasteiger partial charge in [-0.05, 0) is 17.7 Å². The lowest BCUT2D eigenvalue weighted by Gasteiger charge is -2.27. The average Bonchev–Trinajstić information content (AvgIpc) is 2.48. The molecule has 22 heavy (non-hydrogen) atoms. The summed E-state index contributed by atoms with van der Waals surface area (Å²) in [7, 11) is -4.00. The first-order valence-electron chi connectivity index (χ1n) is 6.94. The first-order chi connectivity index (χ1) is 10.6. The Hall–Kier alpha value is -1.73. The standard InChI is InChI=1S/C10H13NO.C6H6O3S/c1-2-4-9(5-3-1)8-12-10-6-11-7-10;7-10(8,9)6-4-2-1-3-5-6/h1-5,10-11H,6-8H2;1-5H,(H,7,8,9). The van der Waals surface area contributed by atoms with Gasteiger partial charge in [0.1, 0.15) is 0 Å². The molecule has 1 aliphatic rings. The van der Waals surface area contributed by atoms with Crippen LogP contribution in [0.2, 0.25) is 0 Å². The number of rotatable bonds is 4. The highest BCUT2D eigenvalue weighted by molar-refractivity contribution is 7.85. The van der Waals surface area contributed by atoms with Crippen molar-refractivity contribution in [3.63, 3.8) is 0 Å². The molecular formula is C16H19NO4S. The summed E-state index contributed by atoms with van der Waals surface area (Å²) in [5.41, 5.74) is 1.25. The van der Waals surface area contributed by atoms with Gasteiger partial charge in [-0.2, -0.15) is 8.42 Å². The predicted molar refractivity (Wildman–Crippen MR) is 84.1 cm³/mol. The molecule has 1 aliphatic heterocycles. The van der Waals surface area contributed by atoms with Gasteiger partial charge in [-0.15, -0.1) is 0 Å². The van der Waals surface area contributed by atoms with Crippen LogP contribution in [0.1, 0.15) is 5.56 Å². The summed E-state index contributed by atoms with van der Waals surface area (Å²) in [6, 6.07) is 17.7. The fourth-order valence-electron chi connectivity index (χ4n) is 1.76. The molecule has 1 saturated heterocycles. The minimum atomic E-state index is -4.00. The van der Waals surface area contributed by atoms with E-state index in [4.69, 9.17) is 9.29 Å². The molecule has 2 N–H and O–H groups in total. The van der Waals surface area contributed by atoms with Gasteiger partial charge in [0.2, 0.25) is 0 Å². The number of ether oxygens (including phenoxy) is 1. The Kier molecular flexibility index (Phi) is 6.09. The largest absolute Gasteiger partial charge is 0.371 e. The molecule has 6 heteroatoms. The summed E-state index contributed by atoms with van der Waals surface area (Å²) in [4.78, 5) is -0.0741. The summed E-state index contributed by atoms with van der Waals surface area (Å²) in [6.45, 7) is 2.76. The lowest BCUT2D eigenvalue weighted by atomic mass is 10.2. The highest BCUT2D eigenvalue weighted by Crippen LogP contribution is 2.06. The van der Waals surface area contributed by atoms with Gasteiger partial charge >= 0.3 is 0 Å². The molecule has 3 rings (SSSR count). The van der Waals surface area contributed by atoms with Gasteiger partial charge in [-0.25, -0.2) is 0 Å². The van der Waals surface area contributed by atoms with Gasteiger partial charge in [0.25, 0.3) is 10.1 Å². The molecule has 2 aromatic carbocycles. The number of benzene rings is 2. The molecule has 5 nitrogen and oxygen atoms in total. The van der Waals surface area contributed by atoms with E-state index in [9.17, 15) is 8.42 Å². The van der Waals surface area contributed by atoms with Crippen LogP contribution in [-0.4, -0.2) is 32.2 Å². The molecule has 0 saturated carbocycles. The van der Waals surface area contributed by atoms with Crippen LogP contribution in [0.4, 0.5) is 0 Å². The summed E-state index contributed by atoms with van der Waals surface area (Å²) in [5.74, 6) is 0. The first-order valence-corrected chi connectivity index (χ1v) is 8.38. The minimum Gasteiger partial charge on any atom is -0.371 e. The highest BCUT2D eigenvalue weighted by Gasteiger charge is 2.16. The molecule has 0 atom stereocenters. The highest BCUT2D eigenvalue weighted by atomic mass is 32.2. The second-order valence-electron chi connectivity index (χ2n) is 4.86. The molecule has 0 bridgehead atoms. The van der Waals surface area contributed by atoms with Crippen LogP contribution in [0.15, 0.2) is 65.6 Å². The number of nitrogens with one attached hydrogen (secondary N) is 1. The minimum absolute atomic E-state index is 0.0741. The SMILES string of the molecule is O=S(=O)(O)c1ccccc1.c1ccc(COC2CNC2)cc1. The van der Waals surface area contributed by atoms with Gasteiger partial charge in [0, 0.05) is 13.1 Å².